The first-order chi connectivity index (χ1) is 12.9. The Labute approximate surface area is 171 Å². The van der Waals surface area contributed by atoms with E-state index in [1.54, 1.807) is 18.7 Å². The zero-order chi connectivity index (χ0) is 19.6. The van der Waals surface area contributed by atoms with Crippen LogP contribution >= 0.6 is 27.7 Å². The number of hydrogen-bond donors (Lipinski definition) is 0. The molecule has 6 heteroatoms. The standard InChI is InChI=1S/C21H21BrN2O2S/c1-12-9-13(2)20(15(4)25)14(3)17(12)10-27-11-19-23-24-21(26-19)16-7-5-6-8-18(16)22/h5-9H,10-11H2,1-4H3. The maximum atomic E-state index is 12.0. The van der Waals surface area contributed by atoms with Gasteiger partial charge in [0.05, 0.1) is 11.3 Å². The minimum absolute atomic E-state index is 0.117. The number of thioether (sulfide) groups is 1. The molecule has 3 rings (SSSR count). The number of aryl methyl sites for hydroxylation is 2. The molecule has 0 bridgehead atoms. The Hall–Kier alpha value is -1.92. The largest absolute Gasteiger partial charge is 0.420 e. The third-order valence-corrected chi connectivity index (χ3v) is 6.16. The topological polar surface area (TPSA) is 56.0 Å². The van der Waals surface area contributed by atoms with Gasteiger partial charge in [-0.1, -0.05) is 18.2 Å². The molecular weight excluding hydrogens is 424 g/mol. The summed E-state index contributed by atoms with van der Waals surface area (Å²) in [5.41, 5.74) is 6.26. The Balaban J connectivity index is 1.72. The lowest BCUT2D eigenvalue weighted by Gasteiger charge is -2.15. The highest BCUT2D eigenvalue weighted by Crippen LogP contribution is 2.30. The predicted molar refractivity (Wildman–Crippen MR) is 113 cm³/mol. The van der Waals surface area contributed by atoms with Crippen LogP contribution < -0.4 is 0 Å². The lowest BCUT2D eigenvalue weighted by molar-refractivity contribution is 0.101. The third-order valence-electron chi connectivity index (χ3n) is 4.53. The summed E-state index contributed by atoms with van der Waals surface area (Å²) in [6, 6.07) is 9.87. The number of aromatic nitrogens is 2. The van der Waals surface area contributed by atoms with E-state index in [0.717, 1.165) is 32.5 Å². The number of halogens is 1. The van der Waals surface area contributed by atoms with E-state index in [9.17, 15) is 4.79 Å². The van der Waals surface area contributed by atoms with E-state index in [2.05, 4.69) is 39.1 Å². The molecule has 0 fully saturated rings. The number of rotatable bonds is 6. The van der Waals surface area contributed by atoms with Crippen LogP contribution in [0.25, 0.3) is 11.5 Å². The summed E-state index contributed by atoms with van der Waals surface area (Å²) in [6.07, 6.45) is 0. The molecule has 27 heavy (non-hydrogen) atoms. The minimum atomic E-state index is 0.117. The molecule has 0 aliphatic heterocycles. The second-order valence-electron chi connectivity index (χ2n) is 6.52. The molecule has 140 valence electrons. The lowest BCUT2D eigenvalue weighted by atomic mass is 9.92. The van der Waals surface area contributed by atoms with Crippen LogP contribution in [0.15, 0.2) is 39.2 Å². The fourth-order valence-electron chi connectivity index (χ4n) is 3.29. The molecular formula is C21H21BrN2O2S. The van der Waals surface area contributed by atoms with Gasteiger partial charge in [-0.05, 0) is 78.0 Å². The molecule has 0 unspecified atom stereocenters. The first kappa shape index (κ1) is 19.8. The minimum Gasteiger partial charge on any atom is -0.420 e. The van der Waals surface area contributed by atoms with E-state index < -0.39 is 0 Å². The Bertz CT molecular complexity index is 998. The first-order valence-corrected chi connectivity index (χ1v) is 10.6. The fourth-order valence-corrected chi connectivity index (χ4v) is 4.78. The highest BCUT2D eigenvalue weighted by atomic mass is 79.9. The smallest absolute Gasteiger partial charge is 0.248 e. The van der Waals surface area contributed by atoms with Crippen molar-refractivity contribution in [1.82, 2.24) is 10.2 Å². The van der Waals surface area contributed by atoms with Crippen LogP contribution in [0, 0.1) is 20.8 Å². The average molecular weight is 445 g/mol. The van der Waals surface area contributed by atoms with Crippen molar-refractivity contribution in [3.63, 3.8) is 0 Å². The van der Waals surface area contributed by atoms with E-state index in [0.29, 0.717) is 17.5 Å². The first-order valence-electron chi connectivity index (χ1n) is 8.64. The van der Waals surface area contributed by atoms with Crippen molar-refractivity contribution in [2.45, 2.75) is 39.2 Å². The van der Waals surface area contributed by atoms with Crippen LogP contribution in [0.1, 0.15) is 45.4 Å². The molecule has 0 saturated heterocycles. The van der Waals surface area contributed by atoms with Crippen molar-refractivity contribution in [3.05, 3.63) is 68.5 Å². The maximum absolute atomic E-state index is 12.0. The third kappa shape index (κ3) is 4.33. The van der Waals surface area contributed by atoms with Gasteiger partial charge in [0, 0.05) is 15.8 Å². The maximum Gasteiger partial charge on any atom is 0.248 e. The second kappa shape index (κ2) is 8.40. The molecule has 4 nitrogen and oxygen atoms in total. The van der Waals surface area contributed by atoms with Gasteiger partial charge >= 0.3 is 0 Å². The summed E-state index contributed by atoms with van der Waals surface area (Å²) >= 11 is 5.21. The Kier molecular flexibility index (Phi) is 6.17. The summed E-state index contributed by atoms with van der Waals surface area (Å²) < 4.78 is 6.73. The zero-order valence-electron chi connectivity index (χ0n) is 15.8. The van der Waals surface area contributed by atoms with E-state index in [-0.39, 0.29) is 5.78 Å². The molecule has 0 saturated carbocycles. The molecule has 0 aliphatic carbocycles. The highest BCUT2D eigenvalue weighted by Gasteiger charge is 2.15. The van der Waals surface area contributed by atoms with E-state index in [4.69, 9.17) is 4.42 Å². The van der Waals surface area contributed by atoms with Gasteiger partial charge in [-0.15, -0.1) is 22.0 Å². The van der Waals surface area contributed by atoms with Crippen LogP contribution in [0.2, 0.25) is 0 Å². The van der Waals surface area contributed by atoms with Crippen LogP contribution in [0.4, 0.5) is 0 Å². The highest BCUT2D eigenvalue weighted by molar-refractivity contribution is 9.10. The van der Waals surface area contributed by atoms with Gasteiger partial charge in [-0.3, -0.25) is 4.79 Å². The number of hydrogen-bond acceptors (Lipinski definition) is 5. The Morgan fingerprint density at radius 1 is 1.11 bits per heavy atom. The van der Waals surface area contributed by atoms with Gasteiger partial charge in [-0.25, -0.2) is 0 Å². The van der Waals surface area contributed by atoms with Crippen molar-refractivity contribution >= 4 is 33.5 Å². The molecule has 0 spiro atoms. The number of benzene rings is 2. The van der Waals surface area contributed by atoms with Crippen molar-refractivity contribution in [3.8, 4) is 11.5 Å². The molecule has 0 aliphatic rings. The van der Waals surface area contributed by atoms with Crippen molar-refractivity contribution in [2.24, 2.45) is 0 Å². The molecule has 1 heterocycles. The number of carbonyl (C=O) groups is 1. The fraction of sp³-hybridized carbons (Fsp3) is 0.286. The normalized spacial score (nSPS) is 11.0. The van der Waals surface area contributed by atoms with E-state index in [1.807, 2.05) is 38.1 Å². The Morgan fingerprint density at radius 2 is 1.85 bits per heavy atom. The van der Waals surface area contributed by atoms with E-state index in [1.165, 1.54) is 11.1 Å². The number of nitrogens with zero attached hydrogens (tertiary/aromatic N) is 2. The Morgan fingerprint density at radius 3 is 2.56 bits per heavy atom. The number of ketones is 1. The SMILES string of the molecule is CC(=O)c1c(C)cc(C)c(CSCc2nnc(-c3ccccc3Br)o2)c1C. The van der Waals surface area contributed by atoms with E-state index >= 15 is 0 Å². The molecule has 2 aromatic carbocycles. The van der Waals surface area contributed by atoms with Crippen molar-refractivity contribution in [2.75, 3.05) is 0 Å². The molecule has 0 amide bonds. The van der Waals surface area contributed by atoms with Gasteiger partial charge in [0.15, 0.2) is 5.78 Å². The number of Topliss-reactive ketones (excluding diaryl/α,β-unsaturated/α-hetero) is 1. The number of carbonyl (C=O) groups excluding carboxylic acids is 1. The van der Waals surface area contributed by atoms with Crippen LogP contribution in [-0.4, -0.2) is 16.0 Å². The second-order valence-corrected chi connectivity index (χ2v) is 8.36. The summed E-state index contributed by atoms with van der Waals surface area (Å²) in [5.74, 6) is 2.65. The monoisotopic (exact) mass is 444 g/mol. The quantitative estimate of drug-likeness (QED) is 0.432. The molecule has 0 N–H and O–H groups in total. The molecule has 0 atom stereocenters. The molecule has 1 aromatic heterocycles. The van der Waals surface area contributed by atoms with Crippen LogP contribution in [0.3, 0.4) is 0 Å². The summed E-state index contributed by atoms with van der Waals surface area (Å²) in [5, 5.41) is 8.31. The van der Waals surface area contributed by atoms with Gasteiger partial charge in [0.1, 0.15) is 0 Å². The van der Waals surface area contributed by atoms with Gasteiger partial charge in [-0.2, -0.15) is 0 Å². The van der Waals surface area contributed by atoms with Crippen molar-refractivity contribution in [1.29, 1.82) is 0 Å². The van der Waals surface area contributed by atoms with Crippen LogP contribution in [-0.2, 0) is 11.5 Å². The lowest BCUT2D eigenvalue weighted by Crippen LogP contribution is -2.05. The molecule has 0 radical (unpaired) electrons. The summed E-state index contributed by atoms with van der Waals surface area (Å²) in [6.45, 7) is 7.75. The van der Waals surface area contributed by atoms with Gasteiger partial charge < -0.3 is 4.42 Å². The predicted octanol–water partition coefficient (Wildman–Crippen LogP) is 6.06. The van der Waals surface area contributed by atoms with Gasteiger partial charge in [0.25, 0.3) is 0 Å². The summed E-state index contributed by atoms with van der Waals surface area (Å²) in [7, 11) is 0. The average Bonchev–Trinajstić information content (AvgIpc) is 3.06. The molecule has 3 aromatic rings. The zero-order valence-corrected chi connectivity index (χ0v) is 18.2. The van der Waals surface area contributed by atoms with Crippen LogP contribution in [0.5, 0.6) is 0 Å². The van der Waals surface area contributed by atoms with Gasteiger partial charge in [0.2, 0.25) is 11.8 Å². The van der Waals surface area contributed by atoms with Crippen molar-refractivity contribution < 1.29 is 9.21 Å². The summed E-state index contributed by atoms with van der Waals surface area (Å²) in [4.78, 5) is 12.0.